The summed E-state index contributed by atoms with van der Waals surface area (Å²) in [5.41, 5.74) is 1.84. The third-order valence-corrected chi connectivity index (χ3v) is 4.75. The molecule has 0 aromatic heterocycles. The van der Waals surface area contributed by atoms with Gasteiger partial charge in [0.15, 0.2) is 6.61 Å². The molecule has 0 fully saturated rings. The molecule has 0 heterocycles. The summed E-state index contributed by atoms with van der Waals surface area (Å²) >= 11 is 5.90. The van der Waals surface area contributed by atoms with Crippen LogP contribution in [0.3, 0.4) is 0 Å². The molecule has 0 unspecified atom stereocenters. The number of nitro groups is 1. The zero-order valence-electron chi connectivity index (χ0n) is 14.3. The van der Waals surface area contributed by atoms with Crippen LogP contribution in [0.4, 0.5) is 5.69 Å². The quantitative estimate of drug-likeness (QED) is 0.479. The van der Waals surface area contributed by atoms with Crippen LogP contribution in [0.25, 0.3) is 0 Å². The lowest BCUT2D eigenvalue weighted by Crippen LogP contribution is -2.34. The number of carbonyl (C=O) groups is 2. The summed E-state index contributed by atoms with van der Waals surface area (Å²) in [7, 11) is 0. The predicted octanol–water partition coefficient (Wildman–Crippen LogP) is 3.60. The van der Waals surface area contributed by atoms with E-state index in [1.807, 2.05) is 24.3 Å². The lowest BCUT2D eigenvalue weighted by molar-refractivity contribution is -0.384. The van der Waals surface area contributed by atoms with Crippen LogP contribution >= 0.6 is 11.6 Å². The molecule has 0 saturated heterocycles. The van der Waals surface area contributed by atoms with Crippen molar-refractivity contribution < 1.29 is 19.2 Å². The highest BCUT2D eigenvalue weighted by Gasteiger charge is 2.23. The van der Waals surface area contributed by atoms with E-state index >= 15 is 0 Å². The van der Waals surface area contributed by atoms with Crippen molar-refractivity contribution in [2.75, 3.05) is 6.61 Å². The smallest absolute Gasteiger partial charge is 0.340 e. The average Bonchev–Trinajstić information content (AvgIpc) is 2.66. The van der Waals surface area contributed by atoms with E-state index in [0.717, 1.165) is 30.9 Å². The van der Waals surface area contributed by atoms with Crippen LogP contribution in [0.15, 0.2) is 42.5 Å². The Morgan fingerprint density at radius 3 is 2.81 bits per heavy atom. The van der Waals surface area contributed by atoms with Crippen molar-refractivity contribution in [3.63, 3.8) is 0 Å². The van der Waals surface area contributed by atoms with Crippen molar-refractivity contribution in [3.8, 4) is 0 Å². The first-order valence-corrected chi connectivity index (χ1v) is 8.81. The lowest BCUT2D eigenvalue weighted by Gasteiger charge is -2.26. The Morgan fingerprint density at radius 2 is 2.04 bits per heavy atom. The van der Waals surface area contributed by atoms with E-state index in [-0.39, 0.29) is 22.3 Å². The molecular weight excluding hydrogens is 372 g/mol. The van der Waals surface area contributed by atoms with Crippen LogP contribution < -0.4 is 5.32 Å². The number of non-ortho nitro benzene ring substituents is 1. The van der Waals surface area contributed by atoms with Crippen LogP contribution in [0.5, 0.6) is 0 Å². The van der Waals surface area contributed by atoms with Gasteiger partial charge >= 0.3 is 5.97 Å². The third-order valence-electron chi connectivity index (χ3n) is 4.42. The molecule has 27 heavy (non-hydrogen) atoms. The highest BCUT2D eigenvalue weighted by molar-refractivity contribution is 6.33. The van der Waals surface area contributed by atoms with Gasteiger partial charge in [0.25, 0.3) is 11.6 Å². The second-order valence-corrected chi connectivity index (χ2v) is 6.62. The largest absolute Gasteiger partial charge is 0.452 e. The maximum absolute atomic E-state index is 12.2. The molecule has 2 aromatic carbocycles. The number of hydrogen-bond acceptors (Lipinski definition) is 5. The molecule has 1 amide bonds. The zero-order valence-corrected chi connectivity index (χ0v) is 15.1. The van der Waals surface area contributed by atoms with E-state index in [9.17, 15) is 19.7 Å². The van der Waals surface area contributed by atoms with Gasteiger partial charge in [0, 0.05) is 12.1 Å². The fourth-order valence-corrected chi connectivity index (χ4v) is 3.33. The highest BCUT2D eigenvalue weighted by atomic mass is 35.5. The Bertz CT molecular complexity index is 899. The van der Waals surface area contributed by atoms with E-state index in [1.54, 1.807) is 0 Å². The van der Waals surface area contributed by atoms with Crippen LogP contribution in [0.2, 0.25) is 5.02 Å². The number of nitrogens with zero attached hydrogens (tertiary/aromatic N) is 1. The van der Waals surface area contributed by atoms with Crippen molar-refractivity contribution in [1.29, 1.82) is 0 Å². The van der Waals surface area contributed by atoms with Gasteiger partial charge in [-0.05, 0) is 36.5 Å². The number of amides is 1. The maximum Gasteiger partial charge on any atom is 0.340 e. The fourth-order valence-electron chi connectivity index (χ4n) is 3.13. The minimum atomic E-state index is -0.886. The molecule has 140 valence electrons. The Balaban J connectivity index is 1.61. The number of ether oxygens (including phenoxy) is 1. The molecule has 7 nitrogen and oxygen atoms in total. The Morgan fingerprint density at radius 1 is 1.26 bits per heavy atom. The summed E-state index contributed by atoms with van der Waals surface area (Å²) in [6, 6.07) is 11.2. The van der Waals surface area contributed by atoms with Crippen LogP contribution in [0.1, 0.15) is 40.4 Å². The summed E-state index contributed by atoms with van der Waals surface area (Å²) in [6.45, 7) is -0.490. The van der Waals surface area contributed by atoms with E-state index in [1.165, 1.54) is 17.7 Å². The van der Waals surface area contributed by atoms with Gasteiger partial charge in [-0.1, -0.05) is 35.9 Å². The van der Waals surface area contributed by atoms with Crippen molar-refractivity contribution in [2.24, 2.45) is 0 Å². The monoisotopic (exact) mass is 388 g/mol. The third kappa shape index (κ3) is 4.43. The zero-order chi connectivity index (χ0) is 19.4. The molecule has 3 rings (SSSR count). The van der Waals surface area contributed by atoms with Crippen molar-refractivity contribution in [2.45, 2.75) is 25.3 Å². The maximum atomic E-state index is 12.2. The summed E-state index contributed by atoms with van der Waals surface area (Å²) in [4.78, 5) is 34.5. The SMILES string of the molecule is O=C(COC(=O)c1cc([N+](=O)[O-])ccc1Cl)N[C@@H]1CCCc2ccccc21. The Kier molecular flexibility index (Phi) is 5.71. The topological polar surface area (TPSA) is 98.5 Å². The van der Waals surface area contributed by atoms with Crippen LogP contribution in [-0.2, 0) is 16.0 Å². The number of hydrogen-bond donors (Lipinski definition) is 1. The molecular formula is C19H17ClN2O5. The first-order chi connectivity index (χ1) is 13.0. The van der Waals surface area contributed by atoms with E-state index in [2.05, 4.69) is 5.32 Å². The Labute approximate surface area is 160 Å². The predicted molar refractivity (Wildman–Crippen MR) is 98.7 cm³/mol. The van der Waals surface area contributed by atoms with Gasteiger partial charge in [-0.25, -0.2) is 4.79 Å². The van der Waals surface area contributed by atoms with Crippen molar-refractivity contribution in [3.05, 3.63) is 74.3 Å². The lowest BCUT2D eigenvalue weighted by atomic mass is 9.88. The van der Waals surface area contributed by atoms with Gasteiger partial charge in [-0.15, -0.1) is 0 Å². The molecule has 1 atom stereocenters. The average molecular weight is 389 g/mol. The molecule has 0 spiro atoms. The highest BCUT2D eigenvalue weighted by Crippen LogP contribution is 2.29. The number of benzene rings is 2. The number of halogens is 1. The molecule has 1 aliphatic carbocycles. The fraction of sp³-hybridized carbons (Fsp3) is 0.263. The van der Waals surface area contributed by atoms with Crippen molar-refractivity contribution in [1.82, 2.24) is 5.32 Å². The van der Waals surface area contributed by atoms with E-state index < -0.39 is 23.4 Å². The van der Waals surface area contributed by atoms with Crippen LogP contribution in [0, 0.1) is 10.1 Å². The van der Waals surface area contributed by atoms with Gasteiger partial charge in [0.05, 0.1) is 21.6 Å². The standard InChI is InChI=1S/C19H17ClN2O5/c20-16-9-8-13(22(25)26)10-15(16)19(24)27-11-18(23)21-17-7-3-5-12-4-1-2-6-14(12)17/h1-2,4,6,8-10,17H,3,5,7,11H2,(H,21,23)/t17-/m1/s1. The Hall–Kier alpha value is -2.93. The van der Waals surface area contributed by atoms with Gasteiger partial charge < -0.3 is 10.1 Å². The first kappa shape index (κ1) is 18.8. The number of carbonyl (C=O) groups excluding carboxylic acids is 2. The number of fused-ring (bicyclic) bond motifs is 1. The van der Waals surface area contributed by atoms with Gasteiger partial charge in [0.1, 0.15) is 0 Å². The second-order valence-electron chi connectivity index (χ2n) is 6.21. The number of esters is 1. The molecule has 2 aromatic rings. The van der Waals surface area contributed by atoms with Gasteiger partial charge in [-0.3, -0.25) is 14.9 Å². The molecule has 0 bridgehead atoms. The number of rotatable bonds is 5. The molecule has 8 heteroatoms. The molecule has 0 radical (unpaired) electrons. The van der Waals surface area contributed by atoms with E-state index in [0.29, 0.717) is 0 Å². The summed E-state index contributed by atoms with van der Waals surface area (Å²) in [5, 5.41) is 13.7. The molecule has 1 N–H and O–H groups in total. The number of aryl methyl sites for hydroxylation is 1. The summed E-state index contributed by atoms with van der Waals surface area (Å²) in [6.07, 6.45) is 2.75. The summed E-state index contributed by atoms with van der Waals surface area (Å²) < 4.78 is 4.98. The first-order valence-electron chi connectivity index (χ1n) is 8.44. The normalized spacial score (nSPS) is 15.5. The molecule has 0 saturated carbocycles. The minimum absolute atomic E-state index is 0.0206. The number of nitro benzene ring substituents is 1. The van der Waals surface area contributed by atoms with Crippen molar-refractivity contribution >= 4 is 29.2 Å². The molecule has 1 aliphatic rings. The van der Waals surface area contributed by atoms with Gasteiger partial charge in [0.2, 0.25) is 0 Å². The van der Waals surface area contributed by atoms with Crippen LogP contribution in [-0.4, -0.2) is 23.4 Å². The molecule has 0 aliphatic heterocycles. The second kappa shape index (κ2) is 8.18. The number of nitrogens with one attached hydrogen (secondary N) is 1. The van der Waals surface area contributed by atoms with Gasteiger partial charge in [-0.2, -0.15) is 0 Å². The van der Waals surface area contributed by atoms with E-state index in [4.69, 9.17) is 16.3 Å². The minimum Gasteiger partial charge on any atom is -0.452 e. The summed E-state index contributed by atoms with van der Waals surface area (Å²) in [5.74, 6) is -1.32.